The highest BCUT2D eigenvalue weighted by Gasteiger charge is 2.15. The highest BCUT2D eigenvalue weighted by atomic mass is 16.2. The van der Waals surface area contributed by atoms with E-state index in [0.29, 0.717) is 12.1 Å². The molecule has 0 heterocycles. The maximum atomic E-state index is 12.6. The zero-order chi connectivity index (χ0) is 15.4. The Bertz CT molecular complexity index is 652. The molecule has 21 heavy (non-hydrogen) atoms. The van der Waals surface area contributed by atoms with E-state index < -0.39 is 0 Å². The van der Waals surface area contributed by atoms with Crippen molar-refractivity contribution in [2.45, 2.75) is 20.4 Å². The Hall–Kier alpha value is -2.33. The van der Waals surface area contributed by atoms with Crippen molar-refractivity contribution in [1.82, 2.24) is 4.90 Å². The summed E-state index contributed by atoms with van der Waals surface area (Å²) >= 11 is 0. The number of carbonyl (C=O) groups is 1. The van der Waals surface area contributed by atoms with Crippen molar-refractivity contribution in [2.75, 3.05) is 12.5 Å². The Morgan fingerprint density at radius 3 is 2.48 bits per heavy atom. The summed E-state index contributed by atoms with van der Waals surface area (Å²) in [5.41, 5.74) is 7.34. The number of nitrogen functional groups attached to an aromatic ring is 1. The van der Waals surface area contributed by atoms with Gasteiger partial charge >= 0.3 is 0 Å². The lowest BCUT2D eigenvalue weighted by molar-refractivity contribution is 0.0784. The number of hydrogen-bond acceptors (Lipinski definition) is 3. The summed E-state index contributed by atoms with van der Waals surface area (Å²) < 4.78 is 0. The van der Waals surface area contributed by atoms with Gasteiger partial charge in [-0.2, -0.15) is 0 Å². The molecule has 0 aromatic heterocycles. The summed E-state index contributed by atoms with van der Waals surface area (Å²) in [7, 11) is 1.82. The fraction of sp³-hybridized carbons (Fsp3) is 0.235. The van der Waals surface area contributed by atoms with Gasteiger partial charge in [0, 0.05) is 24.8 Å². The van der Waals surface area contributed by atoms with Crippen molar-refractivity contribution < 1.29 is 4.79 Å². The van der Waals surface area contributed by atoms with Gasteiger partial charge in [-0.15, -0.1) is 0 Å². The third-order valence-corrected chi connectivity index (χ3v) is 3.64. The summed E-state index contributed by atoms with van der Waals surface area (Å²) in [5, 5.41) is 0. The van der Waals surface area contributed by atoms with Crippen LogP contribution in [0.1, 0.15) is 27.0 Å². The Labute approximate surface area is 125 Å². The largest absolute Gasteiger partial charge is 0.337 e. The van der Waals surface area contributed by atoms with Crippen molar-refractivity contribution in [1.29, 1.82) is 0 Å². The molecular formula is C17H21N3O. The van der Waals surface area contributed by atoms with Crippen LogP contribution in [0.15, 0.2) is 42.5 Å². The third-order valence-electron chi connectivity index (χ3n) is 3.64. The van der Waals surface area contributed by atoms with Crippen LogP contribution >= 0.6 is 0 Å². The van der Waals surface area contributed by atoms with Gasteiger partial charge in [0.25, 0.3) is 5.91 Å². The quantitative estimate of drug-likeness (QED) is 0.670. The van der Waals surface area contributed by atoms with Gasteiger partial charge in [0.2, 0.25) is 0 Å². The Morgan fingerprint density at radius 1 is 1.14 bits per heavy atom. The second kappa shape index (κ2) is 6.41. The zero-order valence-electron chi connectivity index (χ0n) is 12.7. The van der Waals surface area contributed by atoms with Crippen LogP contribution in [-0.4, -0.2) is 17.9 Å². The second-order valence-electron chi connectivity index (χ2n) is 5.26. The molecule has 110 valence electrons. The van der Waals surface area contributed by atoms with Crippen LogP contribution < -0.4 is 11.3 Å². The number of hydrogen-bond donors (Lipinski definition) is 2. The molecule has 0 fully saturated rings. The number of aryl methyl sites for hydroxylation is 2. The van der Waals surface area contributed by atoms with Gasteiger partial charge < -0.3 is 10.3 Å². The predicted molar refractivity (Wildman–Crippen MR) is 86.0 cm³/mol. The number of nitrogens with one attached hydrogen (secondary N) is 1. The van der Waals surface area contributed by atoms with Crippen LogP contribution in [0.4, 0.5) is 5.69 Å². The third kappa shape index (κ3) is 3.41. The van der Waals surface area contributed by atoms with Crippen molar-refractivity contribution in [3.8, 4) is 0 Å². The van der Waals surface area contributed by atoms with Crippen LogP contribution in [0, 0.1) is 13.8 Å². The first-order chi connectivity index (χ1) is 10.0. The highest BCUT2D eigenvalue weighted by molar-refractivity contribution is 5.95. The van der Waals surface area contributed by atoms with E-state index in [1.54, 1.807) is 11.0 Å². The Balaban J connectivity index is 2.18. The molecular weight excluding hydrogens is 262 g/mol. The van der Waals surface area contributed by atoms with Gasteiger partial charge in [-0.25, -0.2) is 0 Å². The first-order valence-electron chi connectivity index (χ1n) is 6.90. The van der Waals surface area contributed by atoms with Gasteiger partial charge in [0.15, 0.2) is 0 Å². The molecule has 2 rings (SSSR count). The van der Waals surface area contributed by atoms with E-state index in [2.05, 4.69) is 18.4 Å². The van der Waals surface area contributed by atoms with Crippen molar-refractivity contribution >= 4 is 11.6 Å². The molecule has 4 heteroatoms. The van der Waals surface area contributed by atoms with Crippen molar-refractivity contribution in [3.63, 3.8) is 0 Å². The Kier molecular flexibility index (Phi) is 4.60. The molecule has 0 aliphatic carbocycles. The number of nitrogens with two attached hydrogens (primary N) is 1. The lowest BCUT2D eigenvalue weighted by Crippen LogP contribution is -2.27. The molecule has 0 spiro atoms. The van der Waals surface area contributed by atoms with E-state index in [1.807, 2.05) is 44.3 Å². The summed E-state index contributed by atoms with van der Waals surface area (Å²) in [4.78, 5) is 14.3. The number of rotatable bonds is 4. The maximum absolute atomic E-state index is 12.6. The zero-order valence-corrected chi connectivity index (χ0v) is 12.7. The average Bonchev–Trinajstić information content (AvgIpc) is 2.48. The van der Waals surface area contributed by atoms with E-state index in [4.69, 9.17) is 5.84 Å². The molecule has 0 aliphatic rings. The van der Waals surface area contributed by atoms with Gasteiger partial charge in [-0.05, 0) is 48.7 Å². The van der Waals surface area contributed by atoms with Crippen LogP contribution in [0.3, 0.4) is 0 Å². The molecule has 0 radical (unpaired) electrons. The fourth-order valence-electron chi connectivity index (χ4n) is 2.31. The maximum Gasteiger partial charge on any atom is 0.254 e. The summed E-state index contributed by atoms with van der Waals surface area (Å²) in [5.74, 6) is 5.39. The minimum Gasteiger partial charge on any atom is -0.337 e. The SMILES string of the molecule is Cc1ccccc1CN(C)C(=O)c1ccc(NN)cc1C. The van der Waals surface area contributed by atoms with Crippen molar-refractivity contribution in [2.24, 2.45) is 5.84 Å². The first-order valence-corrected chi connectivity index (χ1v) is 6.90. The summed E-state index contributed by atoms with van der Waals surface area (Å²) in [6.07, 6.45) is 0. The summed E-state index contributed by atoms with van der Waals surface area (Å²) in [6.45, 7) is 4.57. The molecule has 2 aromatic carbocycles. The number of amides is 1. The number of carbonyl (C=O) groups excluding carboxylic acids is 1. The standard InChI is InChI=1S/C17H21N3O/c1-12-6-4-5-7-14(12)11-20(3)17(21)16-9-8-15(19-18)10-13(16)2/h4-10,19H,11,18H2,1-3H3. The molecule has 3 N–H and O–H groups in total. The Morgan fingerprint density at radius 2 is 1.86 bits per heavy atom. The predicted octanol–water partition coefficient (Wildman–Crippen LogP) is 2.86. The van der Waals surface area contributed by atoms with E-state index in [1.165, 1.54) is 5.56 Å². The van der Waals surface area contributed by atoms with Gasteiger partial charge in [-0.1, -0.05) is 24.3 Å². The van der Waals surface area contributed by atoms with Crippen LogP contribution in [0.5, 0.6) is 0 Å². The van der Waals surface area contributed by atoms with Crippen LogP contribution in [-0.2, 0) is 6.54 Å². The normalized spacial score (nSPS) is 10.3. The minimum absolute atomic E-state index is 0.0133. The fourth-order valence-corrected chi connectivity index (χ4v) is 2.31. The molecule has 0 bridgehead atoms. The molecule has 2 aromatic rings. The van der Waals surface area contributed by atoms with Gasteiger partial charge in [0.1, 0.15) is 0 Å². The monoisotopic (exact) mass is 283 g/mol. The molecule has 0 saturated heterocycles. The van der Waals surface area contributed by atoms with Gasteiger partial charge in [0.05, 0.1) is 0 Å². The highest BCUT2D eigenvalue weighted by Crippen LogP contribution is 2.17. The molecule has 0 unspecified atom stereocenters. The van der Waals surface area contributed by atoms with E-state index in [9.17, 15) is 4.79 Å². The second-order valence-corrected chi connectivity index (χ2v) is 5.26. The molecule has 0 saturated carbocycles. The van der Waals surface area contributed by atoms with Crippen LogP contribution in [0.25, 0.3) is 0 Å². The van der Waals surface area contributed by atoms with E-state index in [-0.39, 0.29) is 5.91 Å². The minimum atomic E-state index is 0.0133. The molecule has 0 aliphatic heterocycles. The van der Waals surface area contributed by atoms with E-state index >= 15 is 0 Å². The smallest absolute Gasteiger partial charge is 0.254 e. The number of benzene rings is 2. The molecule has 1 amide bonds. The first kappa shape index (κ1) is 15.1. The lowest BCUT2D eigenvalue weighted by Gasteiger charge is -2.20. The average molecular weight is 283 g/mol. The topological polar surface area (TPSA) is 58.4 Å². The number of hydrazine groups is 1. The summed E-state index contributed by atoms with van der Waals surface area (Å²) in [6, 6.07) is 13.6. The van der Waals surface area contributed by atoms with Gasteiger partial charge in [-0.3, -0.25) is 10.6 Å². The lowest BCUT2D eigenvalue weighted by atomic mass is 10.1. The molecule has 4 nitrogen and oxygen atoms in total. The number of nitrogens with zero attached hydrogens (tertiary/aromatic N) is 1. The van der Waals surface area contributed by atoms with Crippen molar-refractivity contribution in [3.05, 3.63) is 64.7 Å². The number of anilines is 1. The van der Waals surface area contributed by atoms with E-state index in [0.717, 1.165) is 16.8 Å². The molecule has 0 atom stereocenters. The van der Waals surface area contributed by atoms with Crippen LogP contribution in [0.2, 0.25) is 0 Å².